The van der Waals surface area contributed by atoms with Gasteiger partial charge in [0, 0.05) is 12.1 Å². The summed E-state index contributed by atoms with van der Waals surface area (Å²) in [7, 11) is 2.00. The number of pyridine rings is 1. The van der Waals surface area contributed by atoms with Crippen molar-refractivity contribution in [2.45, 2.75) is 26.7 Å². The first kappa shape index (κ1) is 14.4. The zero-order valence-electron chi connectivity index (χ0n) is 8.13. The lowest BCUT2D eigenvalue weighted by atomic mass is 10.4. The van der Waals surface area contributed by atoms with Gasteiger partial charge in [-0.2, -0.15) is 0 Å². The molecule has 1 aromatic heterocycles. The minimum atomic E-state index is 0. The molecule has 12 heavy (non-hydrogen) atoms. The number of hydrogen-bond acceptors (Lipinski definition) is 0. The largest absolute Gasteiger partial charge is 1.00 e. The fourth-order valence-electron chi connectivity index (χ4n) is 0.485. The zero-order valence-corrected chi connectivity index (χ0v) is 10.3. The summed E-state index contributed by atoms with van der Waals surface area (Å²) in [6.45, 7) is 4.36. The molecule has 0 spiro atoms. The summed E-state index contributed by atoms with van der Waals surface area (Å²) in [6.07, 6.45) is 6.64. The Morgan fingerprint density at radius 3 is 1.50 bits per heavy atom. The molecule has 0 aromatic carbocycles. The summed E-state index contributed by atoms with van der Waals surface area (Å²) in [6, 6.07) is 6.00. The molecule has 0 saturated heterocycles. The van der Waals surface area contributed by atoms with Crippen LogP contribution in [0, 0.1) is 0 Å². The van der Waals surface area contributed by atoms with Gasteiger partial charge in [-0.05, 0) is 0 Å². The Hall–Kier alpha value is -0.120. The van der Waals surface area contributed by atoms with Crippen molar-refractivity contribution in [2.75, 3.05) is 0 Å². The number of rotatable bonds is 1. The minimum Gasteiger partial charge on any atom is -1.00 e. The van der Waals surface area contributed by atoms with Gasteiger partial charge in [0.2, 0.25) is 0 Å². The van der Waals surface area contributed by atoms with E-state index in [1.54, 1.807) is 0 Å². The molecule has 0 atom stereocenters. The van der Waals surface area contributed by atoms with Crippen LogP contribution in [0.5, 0.6) is 0 Å². The van der Waals surface area contributed by atoms with E-state index in [-0.39, 0.29) is 24.0 Å². The molecule has 0 bridgehead atoms. The molecule has 0 amide bonds. The van der Waals surface area contributed by atoms with Crippen molar-refractivity contribution in [1.82, 2.24) is 0 Å². The van der Waals surface area contributed by atoms with Crippen LogP contribution in [-0.4, -0.2) is 0 Å². The van der Waals surface area contributed by atoms with Crippen LogP contribution in [-0.2, 0) is 7.05 Å². The highest BCUT2D eigenvalue weighted by atomic mass is 127. The predicted molar refractivity (Wildman–Crippen MR) is 48.2 cm³/mol. The summed E-state index contributed by atoms with van der Waals surface area (Å²) in [5, 5.41) is 0. The van der Waals surface area contributed by atoms with Crippen LogP contribution in [0.3, 0.4) is 0 Å². The van der Waals surface area contributed by atoms with Crippen LogP contribution in [0.1, 0.15) is 26.7 Å². The van der Waals surface area contributed by atoms with Crippen molar-refractivity contribution in [3.63, 3.8) is 0 Å². The Bertz CT molecular complexity index is 161. The quantitative estimate of drug-likeness (QED) is 0.474. The average Bonchev–Trinajstić information content (AvgIpc) is 2.07. The summed E-state index contributed by atoms with van der Waals surface area (Å²) in [4.78, 5) is 0. The first-order valence-corrected chi connectivity index (χ1v) is 4.21. The molecule has 0 aliphatic heterocycles. The lowest BCUT2D eigenvalue weighted by Gasteiger charge is -1.77. The van der Waals surface area contributed by atoms with E-state index in [2.05, 4.69) is 13.8 Å². The zero-order chi connectivity index (χ0) is 8.53. The standard InChI is InChI=1S/C6H8N.C4H10.HI/c1-7-5-3-2-4-6-7;1-3-4-2;/h2-6H,1H3;3-4H2,1-2H3;1H/q+1;;/p-1. The second-order valence-electron chi connectivity index (χ2n) is 2.54. The van der Waals surface area contributed by atoms with E-state index in [1.807, 2.05) is 42.2 Å². The third-order valence-electron chi connectivity index (χ3n) is 1.36. The van der Waals surface area contributed by atoms with Crippen LogP contribution in [0.2, 0.25) is 0 Å². The van der Waals surface area contributed by atoms with E-state index in [1.165, 1.54) is 12.8 Å². The van der Waals surface area contributed by atoms with Gasteiger partial charge in [0.25, 0.3) is 0 Å². The first-order valence-electron chi connectivity index (χ1n) is 4.21. The molecule has 1 nitrogen and oxygen atoms in total. The topological polar surface area (TPSA) is 3.88 Å². The van der Waals surface area contributed by atoms with Gasteiger partial charge in [-0.25, -0.2) is 4.57 Å². The maximum atomic E-state index is 2.18. The van der Waals surface area contributed by atoms with Crippen molar-refractivity contribution < 1.29 is 28.5 Å². The molecule has 1 aromatic rings. The van der Waals surface area contributed by atoms with Gasteiger partial charge >= 0.3 is 0 Å². The monoisotopic (exact) mass is 279 g/mol. The Morgan fingerprint density at radius 1 is 0.917 bits per heavy atom. The van der Waals surface area contributed by atoms with Crippen LogP contribution in [0.25, 0.3) is 0 Å². The normalized spacial score (nSPS) is 7.58. The van der Waals surface area contributed by atoms with Crippen LogP contribution in [0.4, 0.5) is 0 Å². The molecular weight excluding hydrogens is 261 g/mol. The highest BCUT2D eigenvalue weighted by Gasteiger charge is 1.78. The summed E-state index contributed by atoms with van der Waals surface area (Å²) in [5.74, 6) is 0. The second kappa shape index (κ2) is 10.9. The van der Waals surface area contributed by atoms with Crippen molar-refractivity contribution in [1.29, 1.82) is 0 Å². The van der Waals surface area contributed by atoms with Crippen LogP contribution < -0.4 is 28.5 Å². The highest BCUT2D eigenvalue weighted by Crippen LogP contribution is 1.76. The number of halogens is 1. The Kier molecular flexibility index (Phi) is 13.1. The SMILES string of the molecule is CCCC.C[n+]1ccccc1.[I-]. The number of aromatic nitrogens is 1. The van der Waals surface area contributed by atoms with E-state index in [0.29, 0.717) is 0 Å². The molecule has 0 N–H and O–H groups in total. The van der Waals surface area contributed by atoms with Gasteiger partial charge in [-0.3, -0.25) is 0 Å². The molecule has 0 radical (unpaired) electrons. The van der Waals surface area contributed by atoms with Crippen LogP contribution in [0.15, 0.2) is 30.6 Å². The maximum absolute atomic E-state index is 2.18. The van der Waals surface area contributed by atoms with Crippen molar-refractivity contribution in [2.24, 2.45) is 7.05 Å². The molecule has 0 aliphatic carbocycles. The first-order chi connectivity index (χ1) is 5.31. The molecule has 0 fully saturated rings. The Morgan fingerprint density at radius 2 is 1.33 bits per heavy atom. The third-order valence-corrected chi connectivity index (χ3v) is 1.36. The molecule has 70 valence electrons. The molecular formula is C10H18IN. The number of aryl methyl sites for hydroxylation is 1. The number of hydrogen-bond donors (Lipinski definition) is 0. The van der Waals surface area contributed by atoms with Gasteiger partial charge < -0.3 is 24.0 Å². The smallest absolute Gasteiger partial charge is 0.168 e. The van der Waals surface area contributed by atoms with Crippen molar-refractivity contribution >= 4 is 0 Å². The van der Waals surface area contributed by atoms with E-state index < -0.39 is 0 Å². The molecule has 0 unspecified atom stereocenters. The number of unbranched alkanes of at least 4 members (excludes halogenated alkanes) is 1. The Labute approximate surface area is 92.8 Å². The number of nitrogens with zero attached hydrogens (tertiary/aromatic N) is 1. The van der Waals surface area contributed by atoms with Crippen molar-refractivity contribution in [3.05, 3.63) is 30.6 Å². The Balaban J connectivity index is 0. The van der Waals surface area contributed by atoms with E-state index in [9.17, 15) is 0 Å². The summed E-state index contributed by atoms with van der Waals surface area (Å²) >= 11 is 0. The maximum Gasteiger partial charge on any atom is 0.168 e. The van der Waals surface area contributed by atoms with Gasteiger partial charge in [0.1, 0.15) is 7.05 Å². The lowest BCUT2D eigenvalue weighted by molar-refractivity contribution is -0.671. The average molecular weight is 279 g/mol. The fourth-order valence-corrected chi connectivity index (χ4v) is 0.485. The summed E-state index contributed by atoms with van der Waals surface area (Å²) < 4.78 is 2.00. The van der Waals surface area contributed by atoms with Gasteiger partial charge in [-0.1, -0.05) is 32.8 Å². The summed E-state index contributed by atoms with van der Waals surface area (Å²) in [5.41, 5.74) is 0. The van der Waals surface area contributed by atoms with E-state index >= 15 is 0 Å². The van der Waals surface area contributed by atoms with E-state index in [4.69, 9.17) is 0 Å². The third kappa shape index (κ3) is 9.88. The predicted octanol–water partition coefficient (Wildman–Crippen LogP) is -0.678. The van der Waals surface area contributed by atoms with Gasteiger partial charge in [-0.15, -0.1) is 0 Å². The van der Waals surface area contributed by atoms with Gasteiger partial charge in [0.15, 0.2) is 12.4 Å². The second-order valence-corrected chi connectivity index (χ2v) is 2.54. The van der Waals surface area contributed by atoms with E-state index in [0.717, 1.165) is 0 Å². The molecule has 0 saturated carbocycles. The molecule has 1 rings (SSSR count). The van der Waals surface area contributed by atoms with Crippen LogP contribution >= 0.6 is 0 Å². The highest BCUT2D eigenvalue weighted by molar-refractivity contribution is 4.83. The molecule has 0 aliphatic rings. The fraction of sp³-hybridized carbons (Fsp3) is 0.500. The van der Waals surface area contributed by atoms with Gasteiger partial charge in [0.05, 0.1) is 0 Å². The molecule has 2 heteroatoms. The molecule has 1 heterocycles. The van der Waals surface area contributed by atoms with Crippen molar-refractivity contribution in [3.8, 4) is 0 Å². The lowest BCUT2D eigenvalue weighted by Crippen LogP contribution is -3.00. The minimum absolute atomic E-state index is 0.